The molecule has 0 bridgehead atoms. The number of hydrogen-bond donors (Lipinski definition) is 0. The minimum absolute atomic E-state index is 0. The summed E-state index contributed by atoms with van der Waals surface area (Å²) in [7, 11) is 0. The van der Waals surface area contributed by atoms with Gasteiger partial charge in [-0.05, 0) is 24.3 Å². The van der Waals surface area contributed by atoms with Gasteiger partial charge < -0.3 is 17.7 Å². The van der Waals surface area contributed by atoms with Gasteiger partial charge in [-0.3, -0.25) is 4.68 Å². The summed E-state index contributed by atoms with van der Waals surface area (Å²) in [4.78, 5) is 0. The number of halogens is 4. The van der Waals surface area contributed by atoms with Crippen LogP contribution in [0.3, 0.4) is 0 Å². The van der Waals surface area contributed by atoms with Gasteiger partial charge in [0, 0.05) is 12.4 Å². The molecule has 0 aliphatic heterocycles. The van der Waals surface area contributed by atoms with E-state index in [0.717, 1.165) is 12.1 Å². The van der Waals surface area contributed by atoms with Crippen molar-refractivity contribution >= 4 is 12.4 Å². The van der Waals surface area contributed by atoms with Crippen LogP contribution in [0.2, 0.25) is 0 Å². The summed E-state index contributed by atoms with van der Waals surface area (Å²) in [5, 5.41) is 3.89. The topological polar surface area (TPSA) is 27.1 Å². The fourth-order valence-corrected chi connectivity index (χ4v) is 1.59. The van der Waals surface area contributed by atoms with Crippen molar-refractivity contribution in [2.24, 2.45) is 0 Å². The van der Waals surface area contributed by atoms with E-state index in [0.29, 0.717) is 12.6 Å². The van der Waals surface area contributed by atoms with Crippen molar-refractivity contribution in [2.45, 2.75) is 6.54 Å². The van der Waals surface area contributed by atoms with Crippen LogP contribution in [0.15, 0.2) is 36.7 Å². The summed E-state index contributed by atoms with van der Waals surface area (Å²) in [6.07, 6.45) is 3.23. The smallest absolute Gasteiger partial charge is 0.495 e. The maximum atomic E-state index is 12.9. The molecule has 0 N–H and O–H groups in total. The first kappa shape index (κ1) is 17.7. The average molecular weight is 312 g/mol. The Labute approximate surface area is 155 Å². The molecule has 1 aromatic heterocycles. The molecular weight excluding hydrogens is 302 g/mol. The van der Waals surface area contributed by atoms with Crippen LogP contribution in [-0.2, 0) is 6.54 Å². The fraction of sp³-hybridized carbons (Fsp3) is 0.182. The van der Waals surface area contributed by atoms with Crippen molar-refractivity contribution in [2.75, 3.05) is 6.61 Å². The Morgan fingerprint density at radius 3 is 2.60 bits per heavy atom. The molecule has 0 radical (unpaired) electrons. The summed E-state index contributed by atoms with van der Waals surface area (Å²) in [5.74, 6) is -1.30. The number of aromatic nitrogens is 2. The Kier molecular flexibility index (Phi) is 6.73. The Morgan fingerprint density at radius 2 is 2.00 bits per heavy atom. The molecule has 0 spiro atoms. The van der Waals surface area contributed by atoms with Crippen LogP contribution in [-0.4, -0.2) is 23.4 Å². The molecule has 2 rings (SSSR count). The Balaban J connectivity index is 0.00000200. The maximum absolute atomic E-state index is 12.9. The summed E-state index contributed by atoms with van der Waals surface area (Å²) >= 11 is 0. The van der Waals surface area contributed by atoms with Gasteiger partial charge in [0.15, 0.2) is 0 Å². The predicted octanol–water partition coefficient (Wildman–Crippen LogP) is -0.840. The summed E-state index contributed by atoms with van der Waals surface area (Å²) in [6, 6.07) is 4.07. The molecule has 0 aliphatic rings. The van der Waals surface area contributed by atoms with E-state index in [2.05, 4.69) is 5.10 Å². The number of benzene rings is 1. The van der Waals surface area contributed by atoms with Crippen molar-refractivity contribution in [1.82, 2.24) is 9.78 Å². The zero-order valence-corrected chi connectivity index (χ0v) is 13.9. The largest absolute Gasteiger partial charge is 1.00 e. The molecule has 0 aliphatic carbocycles. The normalized spacial score (nSPS) is 11.0. The first-order valence-corrected chi connectivity index (χ1v) is 5.56. The van der Waals surface area contributed by atoms with Gasteiger partial charge >= 0.3 is 58.4 Å². The molecular formula is C11H10BF4KN2O. The maximum Gasteiger partial charge on any atom is 1.00 e. The number of nitrogens with zero attached hydrogens (tertiary/aromatic N) is 2. The van der Waals surface area contributed by atoms with Gasteiger partial charge in [-0.15, -0.1) is 0 Å². The molecule has 0 saturated carbocycles. The van der Waals surface area contributed by atoms with Crippen molar-refractivity contribution in [3.05, 3.63) is 42.5 Å². The van der Waals surface area contributed by atoms with Crippen molar-refractivity contribution in [3.8, 4) is 5.75 Å². The number of rotatable bonds is 5. The van der Waals surface area contributed by atoms with Gasteiger partial charge in [0.05, 0.1) is 12.3 Å². The van der Waals surface area contributed by atoms with Crippen LogP contribution >= 0.6 is 0 Å². The summed E-state index contributed by atoms with van der Waals surface area (Å²) in [5.41, 5.74) is -1.06. The van der Waals surface area contributed by atoms with Gasteiger partial charge in [-0.25, -0.2) is 4.39 Å². The van der Waals surface area contributed by atoms with Crippen LogP contribution in [0.5, 0.6) is 5.75 Å². The van der Waals surface area contributed by atoms with E-state index < -0.39 is 18.3 Å². The quantitative estimate of drug-likeness (QED) is 0.532. The average Bonchev–Trinajstić information content (AvgIpc) is 2.83. The Bertz CT molecular complexity index is 548. The van der Waals surface area contributed by atoms with E-state index in [4.69, 9.17) is 4.74 Å². The molecule has 0 atom stereocenters. The molecule has 0 amide bonds. The van der Waals surface area contributed by atoms with Crippen molar-refractivity contribution in [3.63, 3.8) is 0 Å². The van der Waals surface area contributed by atoms with Gasteiger partial charge in [0.25, 0.3) is 0 Å². The summed E-state index contributed by atoms with van der Waals surface area (Å²) in [6.45, 7) is -4.97. The number of ether oxygens (including phenoxy) is 1. The standard InChI is InChI=1S/C11H10BF4N2O.K/c13-9-2-3-11(10(8-9)12(14,15)16)19-7-6-18-5-1-4-17-18;/h1-5,8H,6-7H2;/q-1;+1. The Hall–Kier alpha value is -0.349. The molecule has 0 fully saturated rings. The molecule has 9 heteroatoms. The van der Waals surface area contributed by atoms with Crippen LogP contribution in [0.25, 0.3) is 0 Å². The minimum atomic E-state index is -5.31. The molecule has 0 unspecified atom stereocenters. The van der Waals surface area contributed by atoms with Crippen LogP contribution in [0.4, 0.5) is 17.3 Å². The fourth-order valence-electron chi connectivity index (χ4n) is 1.59. The van der Waals surface area contributed by atoms with E-state index in [9.17, 15) is 17.3 Å². The minimum Gasteiger partial charge on any atom is -0.495 e. The van der Waals surface area contributed by atoms with Gasteiger partial charge in [0.2, 0.25) is 0 Å². The SMILES string of the molecule is Fc1ccc(OCCn2cccn2)c([B-](F)(F)F)c1.[K+]. The van der Waals surface area contributed by atoms with E-state index in [1.54, 1.807) is 18.5 Å². The number of hydrogen-bond acceptors (Lipinski definition) is 2. The molecule has 3 nitrogen and oxygen atoms in total. The van der Waals surface area contributed by atoms with Gasteiger partial charge in [0.1, 0.15) is 12.4 Å². The first-order chi connectivity index (χ1) is 8.97. The van der Waals surface area contributed by atoms with Gasteiger partial charge in [-0.2, -0.15) is 5.10 Å². The van der Waals surface area contributed by atoms with Crippen LogP contribution in [0, 0.1) is 5.82 Å². The zero-order valence-electron chi connectivity index (χ0n) is 10.8. The second kappa shape index (κ2) is 7.60. The van der Waals surface area contributed by atoms with Crippen molar-refractivity contribution < 1.29 is 73.5 Å². The van der Waals surface area contributed by atoms with E-state index >= 15 is 0 Å². The second-order valence-corrected chi connectivity index (χ2v) is 3.87. The predicted molar refractivity (Wildman–Crippen MR) is 62.8 cm³/mol. The van der Waals surface area contributed by atoms with Crippen LogP contribution < -0.4 is 61.6 Å². The first-order valence-electron chi connectivity index (χ1n) is 5.56. The molecule has 1 heterocycles. The monoisotopic (exact) mass is 312 g/mol. The molecule has 102 valence electrons. The van der Waals surface area contributed by atoms with E-state index in [1.807, 2.05) is 0 Å². The Morgan fingerprint density at radius 1 is 1.25 bits per heavy atom. The third-order valence-electron chi connectivity index (χ3n) is 2.46. The third kappa shape index (κ3) is 4.89. The molecule has 0 saturated heterocycles. The summed E-state index contributed by atoms with van der Waals surface area (Å²) < 4.78 is 57.6. The molecule has 2 aromatic rings. The third-order valence-corrected chi connectivity index (χ3v) is 2.46. The zero-order chi connectivity index (χ0) is 13.9. The van der Waals surface area contributed by atoms with Gasteiger partial charge in [-0.1, -0.05) is 5.46 Å². The van der Waals surface area contributed by atoms with Crippen LogP contribution in [0.1, 0.15) is 0 Å². The molecule has 20 heavy (non-hydrogen) atoms. The van der Waals surface area contributed by atoms with E-state index in [1.165, 1.54) is 4.68 Å². The van der Waals surface area contributed by atoms with Crippen molar-refractivity contribution in [1.29, 1.82) is 0 Å². The molecule has 1 aromatic carbocycles. The van der Waals surface area contributed by atoms with E-state index in [-0.39, 0.29) is 63.7 Å². The second-order valence-electron chi connectivity index (χ2n) is 3.87.